The standard InChI is InChI=1S/C32H43N3O4/c1-23(18-24-10-9-11-24)29(37)34-17-16-32(39,31(21-34)14-7-8-15-31)22-35-20-27(30(38)33(2)3)26(19-28(35)36)25-12-5-4-6-13-25/h4-6,12-13,19-20,23-24,39H,7-11,14-18,21-22H2,1-3H3/t23-,32+/m1/s1. The monoisotopic (exact) mass is 533 g/mol. The van der Waals surface area contributed by atoms with Gasteiger partial charge in [-0.05, 0) is 37.2 Å². The molecule has 2 atom stereocenters. The summed E-state index contributed by atoms with van der Waals surface area (Å²) in [5.74, 6) is 0.702. The van der Waals surface area contributed by atoms with Crippen LogP contribution < -0.4 is 5.56 Å². The number of carbonyl (C=O) groups is 2. The minimum absolute atomic E-state index is 0.00713. The lowest BCUT2D eigenvalue weighted by Crippen LogP contribution is -2.62. The zero-order chi connectivity index (χ0) is 27.8. The summed E-state index contributed by atoms with van der Waals surface area (Å²) in [6, 6.07) is 11.0. The second-order valence-corrected chi connectivity index (χ2v) is 12.6. The molecule has 2 saturated carbocycles. The molecule has 210 valence electrons. The van der Waals surface area contributed by atoms with Gasteiger partial charge in [0, 0.05) is 56.3 Å². The summed E-state index contributed by atoms with van der Waals surface area (Å²) in [7, 11) is 3.40. The van der Waals surface area contributed by atoms with Crippen molar-refractivity contribution in [2.24, 2.45) is 17.3 Å². The Bertz CT molecular complexity index is 1260. The molecule has 0 radical (unpaired) electrons. The molecule has 2 aliphatic carbocycles. The van der Waals surface area contributed by atoms with Crippen molar-refractivity contribution in [1.82, 2.24) is 14.4 Å². The van der Waals surface area contributed by atoms with Gasteiger partial charge in [0.15, 0.2) is 0 Å². The van der Waals surface area contributed by atoms with Crippen LogP contribution in [0.2, 0.25) is 0 Å². The lowest BCUT2D eigenvalue weighted by atomic mass is 9.65. The Labute approximate surface area is 231 Å². The van der Waals surface area contributed by atoms with Crippen LogP contribution in [-0.4, -0.2) is 64.1 Å². The maximum atomic E-state index is 13.4. The number of aromatic nitrogens is 1. The Morgan fingerprint density at radius 1 is 1.08 bits per heavy atom. The molecule has 1 spiro atoms. The summed E-state index contributed by atoms with van der Waals surface area (Å²) in [4.78, 5) is 43.6. The number of amides is 2. The van der Waals surface area contributed by atoms with Gasteiger partial charge in [0.1, 0.15) is 0 Å². The van der Waals surface area contributed by atoms with E-state index in [1.807, 2.05) is 35.2 Å². The van der Waals surface area contributed by atoms with Crippen LogP contribution in [0.1, 0.15) is 75.1 Å². The quantitative estimate of drug-likeness (QED) is 0.565. The molecule has 2 heterocycles. The maximum absolute atomic E-state index is 13.4. The second-order valence-electron chi connectivity index (χ2n) is 12.6. The van der Waals surface area contributed by atoms with Crippen molar-refractivity contribution in [2.75, 3.05) is 27.2 Å². The van der Waals surface area contributed by atoms with E-state index >= 15 is 0 Å². The Morgan fingerprint density at radius 3 is 2.38 bits per heavy atom. The van der Waals surface area contributed by atoms with Gasteiger partial charge in [-0.1, -0.05) is 69.4 Å². The normalized spacial score (nSPS) is 23.4. The van der Waals surface area contributed by atoms with Crippen molar-refractivity contribution in [1.29, 1.82) is 0 Å². The molecule has 1 aromatic heterocycles. The first-order chi connectivity index (χ1) is 18.6. The topological polar surface area (TPSA) is 82.8 Å². The zero-order valence-corrected chi connectivity index (χ0v) is 23.7. The molecule has 3 fully saturated rings. The number of nitrogens with zero attached hydrogens (tertiary/aromatic N) is 3. The minimum atomic E-state index is -1.13. The highest BCUT2D eigenvalue weighted by atomic mass is 16.3. The molecule has 0 bridgehead atoms. The molecule has 1 aliphatic heterocycles. The summed E-state index contributed by atoms with van der Waals surface area (Å²) >= 11 is 0. The fourth-order valence-electron chi connectivity index (χ4n) is 7.17. The van der Waals surface area contributed by atoms with Crippen LogP contribution in [0.3, 0.4) is 0 Å². The number of carbonyl (C=O) groups excluding carboxylic acids is 2. The number of pyridine rings is 1. The summed E-state index contributed by atoms with van der Waals surface area (Å²) in [6.45, 7) is 3.21. The van der Waals surface area contributed by atoms with Crippen molar-refractivity contribution in [3.05, 3.63) is 58.5 Å². The van der Waals surface area contributed by atoms with E-state index in [1.54, 1.807) is 20.3 Å². The summed E-state index contributed by atoms with van der Waals surface area (Å²) in [5, 5.41) is 12.3. The Balaban J connectivity index is 1.43. The summed E-state index contributed by atoms with van der Waals surface area (Å²) in [6.07, 6.45) is 10.5. The van der Waals surface area contributed by atoms with Crippen LogP contribution >= 0.6 is 0 Å². The Hall–Kier alpha value is -2.93. The highest BCUT2D eigenvalue weighted by Crippen LogP contribution is 2.52. The molecule has 39 heavy (non-hydrogen) atoms. The van der Waals surface area contributed by atoms with Crippen LogP contribution in [0, 0.1) is 17.3 Å². The van der Waals surface area contributed by atoms with E-state index < -0.39 is 11.0 Å². The average Bonchev–Trinajstić information content (AvgIpc) is 3.38. The lowest BCUT2D eigenvalue weighted by Gasteiger charge is -2.53. The van der Waals surface area contributed by atoms with Crippen molar-refractivity contribution in [2.45, 2.75) is 76.9 Å². The second kappa shape index (κ2) is 10.9. The fraction of sp³-hybridized carbons (Fsp3) is 0.594. The third kappa shape index (κ3) is 5.30. The number of rotatable bonds is 7. The largest absolute Gasteiger partial charge is 0.387 e. The lowest BCUT2D eigenvalue weighted by molar-refractivity contribution is -0.163. The van der Waals surface area contributed by atoms with Crippen LogP contribution in [0.15, 0.2) is 47.4 Å². The van der Waals surface area contributed by atoms with Crippen molar-refractivity contribution >= 4 is 11.8 Å². The molecule has 2 aromatic rings. The molecule has 1 saturated heterocycles. The van der Waals surface area contributed by atoms with Crippen LogP contribution in [0.5, 0.6) is 0 Å². The predicted octanol–water partition coefficient (Wildman–Crippen LogP) is 4.57. The van der Waals surface area contributed by atoms with E-state index in [1.165, 1.54) is 34.8 Å². The van der Waals surface area contributed by atoms with Gasteiger partial charge in [0.2, 0.25) is 5.91 Å². The van der Waals surface area contributed by atoms with E-state index in [2.05, 4.69) is 6.92 Å². The first-order valence-corrected chi connectivity index (χ1v) is 14.7. The fourth-order valence-corrected chi connectivity index (χ4v) is 7.17. The van der Waals surface area contributed by atoms with E-state index in [9.17, 15) is 19.5 Å². The number of piperidine rings is 1. The van der Waals surface area contributed by atoms with E-state index in [0.29, 0.717) is 36.6 Å². The van der Waals surface area contributed by atoms with E-state index in [0.717, 1.165) is 37.7 Å². The SMILES string of the molecule is C[C@H](CC1CCC1)C(=O)N1CC[C@](O)(Cn2cc(C(=O)N(C)C)c(-c3ccccc3)cc2=O)C2(CCCC2)C1. The third-order valence-electron chi connectivity index (χ3n) is 9.76. The van der Waals surface area contributed by atoms with Gasteiger partial charge < -0.3 is 19.5 Å². The van der Waals surface area contributed by atoms with Gasteiger partial charge in [0.25, 0.3) is 11.5 Å². The molecular formula is C32H43N3O4. The molecule has 1 aromatic carbocycles. The minimum Gasteiger partial charge on any atom is -0.387 e. The summed E-state index contributed by atoms with van der Waals surface area (Å²) in [5.41, 5.74) is 0.0272. The molecule has 7 nitrogen and oxygen atoms in total. The van der Waals surface area contributed by atoms with Gasteiger partial charge in [-0.25, -0.2) is 0 Å². The smallest absolute Gasteiger partial charge is 0.255 e. The maximum Gasteiger partial charge on any atom is 0.255 e. The number of likely N-dealkylation sites (tertiary alicyclic amines) is 1. The third-order valence-corrected chi connectivity index (χ3v) is 9.76. The van der Waals surface area contributed by atoms with E-state index in [4.69, 9.17) is 0 Å². The predicted molar refractivity (Wildman–Crippen MR) is 152 cm³/mol. The zero-order valence-electron chi connectivity index (χ0n) is 23.7. The molecular weight excluding hydrogens is 490 g/mol. The van der Waals surface area contributed by atoms with Gasteiger partial charge in [-0.15, -0.1) is 0 Å². The Morgan fingerprint density at radius 2 is 1.77 bits per heavy atom. The van der Waals surface area contributed by atoms with Crippen molar-refractivity contribution in [3.63, 3.8) is 0 Å². The summed E-state index contributed by atoms with van der Waals surface area (Å²) < 4.78 is 1.53. The van der Waals surface area contributed by atoms with Gasteiger partial charge >= 0.3 is 0 Å². The molecule has 2 amide bonds. The van der Waals surface area contributed by atoms with Crippen molar-refractivity contribution < 1.29 is 14.7 Å². The Kier molecular flexibility index (Phi) is 7.73. The average molecular weight is 534 g/mol. The number of hydrogen-bond donors (Lipinski definition) is 1. The number of benzene rings is 1. The van der Waals surface area contributed by atoms with Crippen molar-refractivity contribution in [3.8, 4) is 11.1 Å². The molecule has 7 heteroatoms. The molecule has 3 aliphatic rings. The molecule has 5 rings (SSSR count). The first kappa shape index (κ1) is 27.6. The van der Waals surface area contributed by atoms with Gasteiger partial charge in [-0.3, -0.25) is 14.4 Å². The first-order valence-electron chi connectivity index (χ1n) is 14.7. The molecule has 1 N–H and O–H groups in total. The highest BCUT2D eigenvalue weighted by Gasteiger charge is 2.55. The van der Waals surface area contributed by atoms with Crippen LogP contribution in [-0.2, 0) is 11.3 Å². The number of aliphatic hydroxyl groups is 1. The van der Waals surface area contributed by atoms with Crippen LogP contribution in [0.25, 0.3) is 11.1 Å². The highest BCUT2D eigenvalue weighted by molar-refractivity contribution is 6.00. The van der Waals surface area contributed by atoms with Gasteiger partial charge in [0.05, 0.1) is 17.7 Å². The van der Waals surface area contributed by atoms with Gasteiger partial charge in [-0.2, -0.15) is 0 Å². The van der Waals surface area contributed by atoms with Crippen LogP contribution in [0.4, 0.5) is 0 Å². The molecule has 0 unspecified atom stereocenters. The number of hydrogen-bond acceptors (Lipinski definition) is 4. The van der Waals surface area contributed by atoms with E-state index in [-0.39, 0.29) is 29.8 Å².